The van der Waals surface area contributed by atoms with E-state index in [1.54, 1.807) is 24.3 Å². The second kappa shape index (κ2) is 7.65. The molecular weight excluding hydrogens is 254 g/mol. The average molecular weight is 277 g/mol. The molecule has 0 saturated heterocycles. The van der Waals surface area contributed by atoms with Crippen LogP contribution in [0, 0.1) is 0 Å². The number of primary amides is 1. The molecule has 0 fully saturated rings. The standard InChI is InChI=1S/C15H23N3O2/c1-4-11(2)18(3)10-9-14(19)17-13-7-5-12(6-8-13)15(16)20/h5-8,11H,4,9-10H2,1-3H3,(H2,16,20)(H,17,19). The van der Waals surface area contributed by atoms with Gasteiger partial charge in [-0.1, -0.05) is 6.92 Å². The minimum Gasteiger partial charge on any atom is -0.366 e. The van der Waals surface area contributed by atoms with Crippen molar-refractivity contribution in [3.05, 3.63) is 29.8 Å². The van der Waals surface area contributed by atoms with Crippen LogP contribution < -0.4 is 11.1 Å². The number of hydrogen-bond acceptors (Lipinski definition) is 3. The van der Waals surface area contributed by atoms with E-state index in [0.717, 1.165) is 13.0 Å². The van der Waals surface area contributed by atoms with E-state index in [2.05, 4.69) is 24.1 Å². The largest absolute Gasteiger partial charge is 0.366 e. The summed E-state index contributed by atoms with van der Waals surface area (Å²) in [6, 6.07) is 7.02. The van der Waals surface area contributed by atoms with Crippen LogP contribution in [0.1, 0.15) is 37.0 Å². The molecular formula is C15H23N3O2. The van der Waals surface area contributed by atoms with Gasteiger partial charge in [-0.25, -0.2) is 0 Å². The van der Waals surface area contributed by atoms with E-state index in [4.69, 9.17) is 5.73 Å². The molecule has 1 atom stereocenters. The van der Waals surface area contributed by atoms with E-state index in [0.29, 0.717) is 23.7 Å². The van der Waals surface area contributed by atoms with Crippen LogP contribution in [0.15, 0.2) is 24.3 Å². The van der Waals surface area contributed by atoms with Crippen molar-refractivity contribution in [2.75, 3.05) is 18.9 Å². The Kier molecular flexibility index (Phi) is 6.18. The zero-order valence-electron chi connectivity index (χ0n) is 12.3. The molecule has 0 saturated carbocycles. The number of carbonyl (C=O) groups excluding carboxylic acids is 2. The zero-order valence-corrected chi connectivity index (χ0v) is 12.3. The van der Waals surface area contributed by atoms with Crippen molar-refractivity contribution in [1.82, 2.24) is 4.90 Å². The summed E-state index contributed by atoms with van der Waals surface area (Å²) in [7, 11) is 2.02. The summed E-state index contributed by atoms with van der Waals surface area (Å²) in [5.74, 6) is -0.509. The second-order valence-corrected chi connectivity index (χ2v) is 4.98. The molecule has 3 N–H and O–H groups in total. The summed E-state index contributed by atoms with van der Waals surface area (Å²) >= 11 is 0. The van der Waals surface area contributed by atoms with Gasteiger partial charge in [0.1, 0.15) is 0 Å². The van der Waals surface area contributed by atoms with Gasteiger partial charge in [0, 0.05) is 30.3 Å². The van der Waals surface area contributed by atoms with Crippen LogP contribution in [-0.4, -0.2) is 36.3 Å². The highest BCUT2D eigenvalue weighted by molar-refractivity contribution is 5.94. The lowest BCUT2D eigenvalue weighted by molar-refractivity contribution is -0.116. The Morgan fingerprint density at radius 3 is 2.40 bits per heavy atom. The number of nitrogens with two attached hydrogens (primary N) is 1. The van der Waals surface area contributed by atoms with Crippen LogP contribution in [0.25, 0.3) is 0 Å². The van der Waals surface area contributed by atoms with Gasteiger partial charge in [0.05, 0.1) is 0 Å². The molecule has 0 bridgehead atoms. The van der Waals surface area contributed by atoms with Crippen molar-refractivity contribution in [3.63, 3.8) is 0 Å². The molecule has 1 aromatic carbocycles. The van der Waals surface area contributed by atoms with E-state index in [1.165, 1.54) is 0 Å². The highest BCUT2D eigenvalue weighted by Crippen LogP contribution is 2.10. The Morgan fingerprint density at radius 2 is 1.90 bits per heavy atom. The smallest absolute Gasteiger partial charge is 0.248 e. The molecule has 1 rings (SSSR count). The molecule has 110 valence electrons. The Bertz CT molecular complexity index is 457. The molecule has 2 amide bonds. The topological polar surface area (TPSA) is 75.4 Å². The van der Waals surface area contributed by atoms with Gasteiger partial charge in [0.2, 0.25) is 11.8 Å². The number of benzene rings is 1. The van der Waals surface area contributed by atoms with Crippen LogP contribution in [0.3, 0.4) is 0 Å². The maximum Gasteiger partial charge on any atom is 0.248 e. The normalized spacial score (nSPS) is 12.2. The quantitative estimate of drug-likeness (QED) is 0.798. The predicted octanol–water partition coefficient (Wildman–Crippen LogP) is 1.84. The first-order valence-corrected chi connectivity index (χ1v) is 6.84. The first-order chi connectivity index (χ1) is 9.43. The Labute approximate surface area is 120 Å². The molecule has 0 aliphatic rings. The van der Waals surface area contributed by atoms with Gasteiger partial charge in [-0.3, -0.25) is 9.59 Å². The van der Waals surface area contributed by atoms with Crippen molar-refractivity contribution in [3.8, 4) is 0 Å². The molecule has 0 heterocycles. The van der Waals surface area contributed by atoms with Crippen molar-refractivity contribution in [1.29, 1.82) is 0 Å². The molecule has 0 radical (unpaired) electrons. The third-order valence-electron chi connectivity index (χ3n) is 3.49. The summed E-state index contributed by atoms with van der Waals surface area (Å²) in [4.78, 5) is 24.9. The summed E-state index contributed by atoms with van der Waals surface area (Å²) < 4.78 is 0. The number of rotatable bonds is 7. The number of nitrogens with one attached hydrogen (secondary N) is 1. The minimum absolute atomic E-state index is 0.0352. The Hall–Kier alpha value is -1.88. The third kappa shape index (κ3) is 5.01. The SMILES string of the molecule is CCC(C)N(C)CCC(=O)Nc1ccc(C(N)=O)cc1. The third-order valence-corrected chi connectivity index (χ3v) is 3.49. The van der Waals surface area contributed by atoms with Crippen LogP contribution in [0.2, 0.25) is 0 Å². The molecule has 20 heavy (non-hydrogen) atoms. The van der Waals surface area contributed by atoms with Crippen molar-refractivity contribution in [2.24, 2.45) is 5.73 Å². The Balaban J connectivity index is 2.44. The summed E-state index contributed by atoms with van der Waals surface area (Å²) in [6.07, 6.45) is 1.51. The first-order valence-electron chi connectivity index (χ1n) is 6.84. The molecule has 5 nitrogen and oxygen atoms in total. The number of anilines is 1. The fourth-order valence-corrected chi connectivity index (χ4v) is 1.75. The lowest BCUT2D eigenvalue weighted by Gasteiger charge is -2.22. The summed E-state index contributed by atoms with van der Waals surface area (Å²) in [5, 5.41) is 2.80. The van der Waals surface area contributed by atoms with Gasteiger partial charge in [-0.05, 0) is 44.7 Å². The minimum atomic E-state index is -0.474. The predicted molar refractivity (Wildman–Crippen MR) is 80.6 cm³/mol. The van der Waals surface area contributed by atoms with Crippen LogP contribution in [-0.2, 0) is 4.79 Å². The van der Waals surface area contributed by atoms with Crippen molar-refractivity contribution < 1.29 is 9.59 Å². The lowest BCUT2D eigenvalue weighted by Crippen LogP contribution is -2.31. The number of carbonyl (C=O) groups is 2. The van der Waals surface area contributed by atoms with Gasteiger partial charge in [-0.15, -0.1) is 0 Å². The lowest BCUT2D eigenvalue weighted by atomic mass is 10.2. The zero-order chi connectivity index (χ0) is 15.1. The monoisotopic (exact) mass is 277 g/mol. The summed E-state index contributed by atoms with van der Waals surface area (Å²) in [6.45, 7) is 4.99. The molecule has 0 aliphatic heterocycles. The fraction of sp³-hybridized carbons (Fsp3) is 0.467. The maximum atomic E-state index is 11.8. The van der Waals surface area contributed by atoms with Crippen LogP contribution >= 0.6 is 0 Å². The fourth-order valence-electron chi connectivity index (χ4n) is 1.75. The highest BCUT2D eigenvalue weighted by Gasteiger charge is 2.09. The summed E-state index contributed by atoms with van der Waals surface area (Å²) in [5.41, 5.74) is 6.26. The molecule has 0 aromatic heterocycles. The molecule has 5 heteroatoms. The molecule has 0 aliphatic carbocycles. The Morgan fingerprint density at radius 1 is 1.30 bits per heavy atom. The number of amides is 2. The van der Waals surface area contributed by atoms with Crippen molar-refractivity contribution in [2.45, 2.75) is 32.7 Å². The van der Waals surface area contributed by atoms with Gasteiger partial charge in [0.25, 0.3) is 0 Å². The first kappa shape index (κ1) is 16.2. The van der Waals surface area contributed by atoms with Gasteiger partial charge >= 0.3 is 0 Å². The van der Waals surface area contributed by atoms with Crippen molar-refractivity contribution >= 4 is 17.5 Å². The van der Waals surface area contributed by atoms with E-state index in [9.17, 15) is 9.59 Å². The molecule has 1 unspecified atom stereocenters. The highest BCUT2D eigenvalue weighted by atomic mass is 16.2. The van der Waals surface area contributed by atoms with Gasteiger partial charge < -0.3 is 16.0 Å². The van der Waals surface area contributed by atoms with E-state index in [-0.39, 0.29) is 5.91 Å². The van der Waals surface area contributed by atoms with E-state index < -0.39 is 5.91 Å². The van der Waals surface area contributed by atoms with E-state index >= 15 is 0 Å². The maximum absolute atomic E-state index is 11.8. The number of nitrogens with zero attached hydrogens (tertiary/aromatic N) is 1. The average Bonchev–Trinajstić information content (AvgIpc) is 2.44. The molecule has 0 spiro atoms. The number of hydrogen-bond donors (Lipinski definition) is 2. The molecule has 1 aromatic rings. The van der Waals surface area contributed by atoms with Gasteiger partial charge in [0.15, 0.2) is 0 Å². The van der Waals surface area contributed by atoms with Crippen LogP contribution in [0.5, 0.6) is 0 Å². The van der Waals surface area contributed by atoms with E-state index in [1.807, 2.05) is 7.05 Å². The second-order valence-electron chi connectivity index (χ2n) is 4.98. The van der Waals surface area contributed by atoms with Gasteiger partial charge in [-0.2, -0.15) is 0 Å². The van der Waals surface area contributed by atoms with Crippen LogP contribution in [0.4, 0.5) is 5.69 Å².